The first-order valence-electron chi connectivity index (χ1n) is 8.92. The zero-order valence-electron chi connectivity index (χ0n) is 15.3. The van der Waals surface area contributed by atoms with Gasteiger partial charge in [0.15, 0.2) is 0 Å². The second kappa shape index (κ2) is 8.81. The number of nitrogens with one attached hydrogen (secondary N) is 3. The van der Waals surface area contributed by atoms with Crippen LogP contribution in [-0.2, 0) is 16.4 Å². The third-order valence-electron chi connectivity index (χ3n) is 4.14. The lowest BCUT2D eigenvalue weighted by molar-refractivity contribution is 0.0953. The molecule has 3 N–H and O–H groups in total. The minimum absolute atomic E-state index is 0.0456. The predicted octanol–water partition coefficient (Wildman–Crippen LogP) is 2.39. The van der Waals surface area contributed by atoms with Crippen molar-refractivity contribution in [1.82, 2.24) is 20.0 Å². The molecule has 0 saturated heterocycles. The number of benzene rings is 2. The van der Waals surface area contributed by atoms with Crippen LogP contribution in [0.1, 0.15) is 22.6 Å². The topological polar surface area (TPSA) is 104 Å². The van der Waals surface area contributed by atoms with Crippen molar-refractivity contribution in [2.45, 2.75) is 17.7 Å². The van der Waals surface area contributed by atoms with E-state index in [1.807, 2.05) is 24.3 Å². The molecule has 0 atom stereocenters. The van der Waals surface area contributed by atoms with Crippen molar-refractivity contribution in [2.75, 3.05) is 13.1 Å². The Balaban J connectivity index is 1.54. The fourth-order valence-electron chi connectivity index (χ4n) is 2.74. The third kappa shape index (κ3) is 4.85. The maximum absolute atomic E-state index is 12.3. The molecule has 1 aromatic heterocycles. The molecule has 0 unspecified atom stereocenters. The van der Waals surface area contributed by atoms with E-state index in [1.165, 1.54) is 18.2 Å². The maximum atomic E-state index is 12.3. The van der Waals surface area contributed by atoms with Crippen LogP contribution in [-0.4, -0.2) is 37.4 Å². The molecule has 0 fully saturated rings. The number of rotatable bonds is 9. The molecule has 0 radical (unpaired) electrons. The number of nitrogens with zero attached hydrogens (tertiary/aromatic N) is 1. The number of hydrogen-bond donors (Lipinski definition) is 3. The van der Waals surface area contributed by atoms with Crippen molar-refractivity contribution in [3.63, 3.8) is 0 Å². The number of aryl methyl sites for hydroxylation is 1. The molecular formula is C20H22N4O3S. The first-order chi connectivity index (χ1) is 13.5. The molecule has 0 aliphatic carbocycles. The molecule has 0 aliphatic heterocycles. The summed E-state index contributed by atoms with van der Waals surface area (Å²) in [5.41, 5.74) is 2.21. The average molecular weight is 398 g/mol. The molecule has 0 spiro atoms. The summed E-state index contributed by atoms with van der Waals surface area (Å²) in [6, 6.07) is 13.7. The summed E-state index contributed by atoms with van der Waals surface area (Å²) in [5, 5.41) is 2.81. The summed E-state index contributed by atoms with van der Waals surface area (Å²) in [6.07, 6.45) is 2.87. The van der Waals surface area contributed by atoms with Gasteiger partial charge in [-0.05, 0) is 36.8 Å². The summed E-state index contributed by atoms with van der Waals surface area (Å²) in [5.74, 6) is 0.558. The summed E-state index contributed by atoms with van der Waals surface area (Å²) in [6.45, 7) is 4.07. The lowest BCUT2D eigenvalue weighted by Crippen LogP contribution is -2.26. The molecule has 2 aromatic carbocycles. The van der Waals surface area contributed by atoms with Gasteiger partial charge in [-0.25, -0.2) is 18.1 Å². The van der Waals surface area contributed by atoms with Gasteiger partial charge in [0.25, 0.3) is 5.91 Å². The molecule has 3 rings (SSSR count). The molecule has 146 valence electrons. The Morgan fingerprint density at radius 1 is 1.18 bits per heavy atom. The average Bonchev–Trinajstić information content (AvgIpc) is 3.12. The standard InChI is InChI=1S/C20H22N4O3S/c1-2-12-22-28(26,27)16-8-5-7-15(14-16)20(25)21-13-6-11-19-23-17-9-3-4-10-18(17)24-19/h2-5,7-10,14,22H,1,6,11-13H2,(H,21,25)(H,23,24). The number of aromatic nitrogens is 2. The normalized spacial score (nSPS) is 11.4. The zero-order chi connectivity index (χ0) is 20.0. The molecule has 8 heteroatoms. The molecule has 1 amide bonds. The number of fused-ring (bicyclic) bond motifs is 1. The number of para-hydroxylation sites is 2. The number of carbonyl (C=O) groups excluding carboxylic acids is 1. The quantitative estimate of drug-likeness (QED) is 0.380. The highest BCUT2D eigenvalue weighted by molar-refractivity contribution is 7.89. The fraction of sp³-hybridized carbons (Fsp3) is 0.200. The second-order valence-electron chi connectivity index (χ2n) is 6.23. The van der Waals surface area contributed by atoms with E-state index in [4.69, 9.17) is 0 Å². The lowest BCUT2D eigenvalue weighted by atomic mass is 10.2. The highest BCUT2D eigenvalue weighted by Gasteiger charge is 2.15. The Hall–Kier alpha value is -2.97. The van der Waals surface area contributed by atoms with Gasteiger partial charge in [0.05, 0.1) is 15.9 Å². The van der Waals surface area contributed by atoms with Gasteiger partial charge in [0, 0.05) is 25.1 Å². The van der Waals surface area contributed by atoms with Crippen LogP contribution in [0.5, 0.6) is 0 Å². The van der Waals surface area contributed by atoms with Crippen molar-refractivity contribution in [2.24, 2.45) is 0 Å². The van der Waals surface area contributed by atoms with E-state index in [-0.39, 0.29) is 17.3 Å². The first-order valence-corrected chi connectivity index (χ1v) is 10.4. The van der Waals surface area contributed by atoms with Crippen molar-refractivity contribution >= 4 is 27.0 Å². The van der Waals surface area contributed by atoms with Crippen LogP contribution in [0.25, 0.3) is 11.0 Å². The number of sulfonamides is 1. The predicted molar refractivity (Wildman–Crippen MR) is 109 cm³/mol. The monoisotopic (exact) mass is 398 g/mol. The molecule has 1 heterocycles. The Bertz CT molecular complexity index is 1060. The van der Waals surface area contributed by atoms with E-state index in [0.717, 1.165) is 16.9 Å². The van der Waals surface area contributed by atoms with Crippen LogP contribution in [0.2, 0.25) is 0 Å². The van der Waals surface area contributed by atoms with Crippen LogP contribution < -0.4 is 10.0 Å². The number of H-pyrrole nitrogens is 1. The minimum Gasteiger partial charge on any atom is -0.352 e. The maximum Gasteiger partial charge on any atom is 0.251 e. The Morgan fingerprint density at radius 2 is 2.00 bits per heavy atom. The Morgan fingerprint density at radius 3 is 2.79 bits per heavy atom. The fourth-order valence-corrected chi connectivity index (χ4v) is 3.78. The SMILES string of the molecule is C=CCNS(=O)(=O)c1cccc(C(=O)NCCCc2nc3ccccc3[nH]2)c1. The zero-order valence-corrected chi connectivity index (χ0v) is 16.1. The summed E-state index contributed by atoms with van der Waals surface area (Å²) >= 11 is 0. The molecule has 0 saturated carbocycles. The summed E-state index contributed by atoms with van der Waals surface area (Å²) in [4.78, 5) is 20.1. The second-order valence-corrected chi connectivity index (χ2v) is 8.00. The highest BCUT2D eigenvalue weighted by atomic mass is 32.2. The van der Waals surface area contributed by atoms with Crippen molar-refractivity contribution in [3.05, 3.63) is 72.6 Å². The van der Waals surface area contributed by atoms with Crippen molar-refractivity contribution in [3.8, 4) is 0 Å². The number of carbonyl (C=O) groups is 1. The summed E-state index contributed by atoms with van der Waals surface area (Å²) in [7, 11) is -3.67. The minimum atomic E-state index is -3.67. The van der Waals surface area contributed by atoms with E-state index in [9.17, 15) is 13.2 Å². The van der Waals surface area contributed by atoms with E-state index in [1.54, 1.807) is 12.1 Å². The van der Waals surface area contributed by atoms with Gasteiger partial charge in [-0.3, -0.25) is 4.79 Å². The van der Waals surface area contributed by atoms with Gasteiger partial charge in [0.1, 0.15) is 5.82 Å². The van der Waals surface area contributed by atoms with Gasteiger partial charge in [-0.2, -0.15) is 0 Å². The Kier molecular flexibility index (Phi) is 6.23. The van der Waals surface area contributed by atoms with Crippen LogP contribution >= 0.6 is 0 Å². The number of aromatic amines is 1. The van der Waals surface area contributed by atoms with Crippen LogP contribution in [0.3, 0.4) is 0 Å². The van der Waals surface area contributed by atoms with E-state index >= 15 is 0 Å². The number of imidazole rings is 1. The van der Waals surface area contributed by atoms with Gasteiger partial charge >= 0.3 is 0 Å². The number of hydrogen-bond acceptors (Lipinski definition) is 4. The molecule has 0 bridgehead atoms. The van der Waals surface area contributed by atoms with E-state index < -0.39 is 10.0 Å². The Labute approximate surface area is 163 Å². The number of amides is 1. The van der Waals surface area contributed by atoms with Gasteiger partial charge in [-0.1, -0.05) is 24.3 Å². The lowest BCUT2D eigenvalue weighted by Gasteiger charge is -2.08. The smallest absolute Gasteiger partial charge is 0.251 e. The molecular weight excluding hydrogens is 376 g/mol. The molecule has 28 heavy (non-hydrogen) atoms. The van der Waals surface area contributed by atoms with E-state index in [0.29, 0.717) is 24.9 Å². The van der Waals surface area contributed by atoms with Crippen molar-refractivity contribution in [1.29, 1.82) is 0 Å². The van der Waals surface area contributed by atoms with Gasteiger partial charge in [0.2, 0.25) is 10.0 Å². The third-order valence-corrected chi connectivity index (χ3v) is 5.56. The van der Waals surface area contributed by atoms with Crippen molar-refractivity contribution < 1.29 is 13.2 Å². The van der Waals surface area contributed by atoms with Gasteiger partial charge < -0.3 is 10.3 Å². The molecule has 0 aliphatic rings. The van der Waals surface area contributed by atoms with Crippen LogP contribution in [0.15, 0.2) is 66.1 Å². The van der Waals surface area contributed by atoms with Crippen LogP contribution in [0.4, 0.5) is 0 Å². The molecule has 3 aromatic rings. The van der Waals surface area contributed by atoms with Crippen LogP contribution in [0, 0.1) is 0 Å². The summed E-state index contributed by atoms with van der Waals surface area (Å²) < 4.78 is 26.7. The highest BCUT2D eigenvalue weighted by Crippen LogP contribution is 2.12. The largest absolute Gasteiger partial charge is 0.352 e. The molecule has 7 nitrogen and oxygen atoms in total. The van der Waals surface area contributed by atoms with E-state index in [2.05, 4.69) is 26.6 Å². The van der Waals surface area contributed by atoms with Gasteiger partial charge in [-0.15, -0.1) is 6.58 Å². The first kappa shape index (κ1) is 19.8.